The van der Waals surface area contributed by atoms with E-state index in [1.54, 1.807) is 0 Å². The van der Waals surface area contributed by atoms with Crippen LogP contribution in [0.25, 0.3) is 0 Å². The smallest absolute Gasteiger partial charge is 0.226 e. The molecule has 3 aliphatic rings. The first kappa shape index (κ1) is 20.0. The summed E-state index contributed by atoms with van der Waals surface area (Å²) in [7, 11) is 0. The Balaban J connectivity index is 1.59. The number of unbranched alkanes of at least 4 members (excludes halogenated alkanes) is 1. The number of carbonyl (C=O) groups excluding carboxylic acids is 2. The van der Waals surface area contributed by atoms with E-state index in [0.717, 1.165) is 76.8 Å². The van der Waals surface area contributed by atoms with Crippen LogP contribution in [0.5, 0.6) is 0 Å². The number of likely N-dealkylation sites (tertiary alicyclic amines) is 1. The molecule has 0 aromatic rings. The largest absolute Gasteiger partial charge is 0.342 e. The van der Waals surface area contributed by atoms with Gasteiger partial charge in [-0.1, -0.05) is 39.5 Å². The third-order valence-electron chi connectivity index (χ3n) is 6.75. The summed E-state index contributed by atoms with van der Waals surface area (Å²) in [5.74, 6) is 2.27. The Morgan fingerprint density at radius 2 is 1.81 bits per heavy atom. The molecule has 148 valence electrons. The maximum atomic E-state index is 13.0. The summed E-state index contributed by atoms with van der Waals surface area (Å²) >= 11 is 1.97. The summed E-state index contributed by atoms with van der Waals surface area (Å²) in [6.45, 7) is 6.88. The van der Waals surface area contributed by atoms with Crippen LogP contribution < -0.4 is 0 Å². The Kier molecular flexibility index (Phi) is 6.92. The molecule has 3 fully saturated rings. The van der Waals surface area contributed by atoms with Gasteiger partial charge in [-0.25, -0.2) is 0 Å². The van der Waals surface area contributed by atoms with E-state index in [-0.39, 0.29) is 16.7 Å². The SMILES string of the molecule is CCCC[C@H](CC)C(=O)N1CCC2(CC1)SCCN2C(=O)C1CCCC1. The zero-order valence-electron chi connectivity index (χ0n) is 16.7. The molecule has 2 amide bonds. The number of rotatable bonds is 6. The van der Waals surface area contributed by atoms with Crippen molar-refractivity contribution in [3.05, 3.63) is 0 Å². The van der Waals surface area contributed by atoms with Crippen molar-refractivity contribution in [2.45, 2.75) is 82.9 Å². The average Bonchev–Trinajstić information content (AvgIpc) is 3.33. The Bertz CT molecular complexity index is 496. The van der Waals surface area contributed by atoms with Crippen molar-refractivity contribution in [1.29, 1.82) is 0 Å². The molecule has 0 aromatic carbocycles. The van der Waals surface area contributed by atoms with E-state index in [9.17, 15) is 9.59 Å². The minimum atomic E-state index is -0.0262. The predicted molar refractivity (Wildman–Crippen MR) is 108 cm³/mol. The second-order valence-electron chi connectivity index (χ2n) is 8.34. The highest BCUT2D eigenvalue weighted by Gasteiger charge is 2.48. The number of amides is 2. The van der Waals surface area contributed by atoms with Gasteiger partial charge in [0.25, 0.3) is 0 Å². The maximum absolute atomic E-state index is 13.0. The molecule has 5 heteroatoms. The monoisotopic (exact) mass is 380 g/mol. The van der Waals surface area contributed by atoms with Crippen LogP contribution in [0.1, 0.15) is 78.1 Å². The van der Waals surface area contributed by atoms with Crippen molar-refractivity contribution < 1.29 is 9.59 Å². The molecular weight excluding hydrogens is 344 g/mol. The summed E-state index contributed by atoms with van der Waals surface area (Å²) in [5, 5.41) is 0. The molecule has 2 heterocycles. The van der Waals surface area contributed by atoms with Gasteiger partial charge in [0.2, 0.25) is 11.8 Å². The molecule has 2 saturated heterocycles. The van der Waals surface area contributed by atoms with Gasteiger partial charge in [0, 0.05) is 37.2 Å². The van der Waals surface area contributed by atoms with Gasteiger partial charge in [0.15, 0.2) is 0 Å². The molecule has 0 radical (unpaired) electrons. The van der Waals surface area contributed by atoms with Crippen molar-refractivity contribution in [2.24, 2.45) is 11.8 Å². The highest BCUT2D eigenvalue weighted by molar-refractivity contribution is 8.00. The van der Waals surface area contributed by atoms with Gasteiger partial charge in [-0.3, -0.25) is 9.59 Å². The highest BCUT2D eigenvalue weighted by Crippen LogP contribution is 2.45. The molecule has 26 heavy (non-hydrogen) atoms. The molecule has 0 N–H and O–H groups in total. The topological polar surface area (TPSA) is 40.6 Å². The normalized spacial score (nSPS) is 24.4. The van der Waals surface area contributed by atoms with Gasteiger partial charge in [-0.05, 0) is 38.5 Å². The molecule has 1 saturated carbocycles. The number of nitrogens with zero attached hydrogens (tertiary/aromatic N) is 2. The lowest BCUT2D eigenvalue weighted by Crippen LogP contribution is -2.55. The van der Waals surface area contributed by atoms with E-state index in [0.29, 0.717) is 11.8 Å². The van der Waals surface area contributed by atoms with Crippen LogP contribution in [0.3, 0.4) is 0 Å². The van der Waals surface area contributed by atoms with Crippen molar-refractivity contribution in [3.63, 3.8) is 0 Å². The fourth-order valence-corrected chi connectivity index (χ4v) is 6.48. The Labute approximate surface area is 163 Å². The van der Waals surface area contributed by atoms with Crippen molar-refractivity contribution in [1.82, 2.24) is 9.80 Å². The van der Waals surface area contributed by atoms with E-state index in [1.165, 1.54) is 12.8 Å². The minimum absolute atomic E-state index is 0.0262. The Morgan fingerprint density at radius 1 is 1.12 bits per heavy atom. The van der Waals surface area contributed by atoms with E-state index in [4.69, 9.17) is 0 Å². The maximum Gasteiger partial charge on any atom is 0.226 e. The fraction of sp³-hybridized carbons (Fsp3) is 0.905. The summed E-state index contributed by atoms with van der Waals surface area (Å²) in [5.41, 5.74) is 0. The Morgan fingerprint density at radius 3 is 2.42 bits per heavy atom. The number of hydrogen-bond acceptors (Lipinski definition) is 3. The van der Waals surface area contributed by atoms with Gasteiger partial charge in [-0.15, -0.1) is 11.8 Å². The second kappa shape index (κ2) is 8.99. The molecular formula is C21H36N2O2S. The number of piperidine rings is 1. The third-order valence-corrected chi connectivity index (χ3v) is 8.31. The second-order valence-corrected chi connectivity index (χ2v) is 9.80. The first-order valence-corrected chi connectivity index (χ1v) is 11.8. The molecule has 4 nitrogen and oxygen atoms in total. The standard InChI is InChI=1S/C21H36N2O2S/c1-3-5-8-17(4-2)19(24)22-13-11-21(12-14-22)23(15-16-26-21)20(25)18-9-6-7-10-18/h17-18H,3-16H2,1-2H3/t17-/m0/s1. The van der Waals surface area contributed by atoms with E-state index in [2.05, 4.69) is 23.6 Å². The summed E-state index contributed by atoms with van der Waals surface area (Å²) in [6, 6.07) is 0. The van der Waals surface area contributed by atoms with E-state index >= 15 is 0 Å². The zero-order valence-corrected chi connectivity index (χ0v) is 17.5. The lowest BCUT2D eigenvalue weighted by molar-refractivity contribution is -0.141. The molecule has 3 rings (SSSR count). The van der Waals surface area contributed by atoms with Crippen LogP contribution >= 0.6 is 11.8 Å². The fourth-order valence-electron chi connectivity index (χ4n) is 5.01. The van der Waals surface area contributed by atoms with Crippen LogP contribution in [0.15, 0.2) is 0 Å². The van der Waals surface area contributed by atoms with Crippen LogP contribution in [-0.2, 0) is 9.59 Å². The summed E-state index contributed by atoms with van der Waals surface area (Å²) < 4.78 is 0. The average molecular weight is 381 g/mol. The third kappa shape index (κ3) is 4.07. The number of thioether (sulfide) groups is 1. The molecule has 1 aliphatic carbocycles. The lowest BCUT2D eigenvalue weighted by atomic mass is 9.94. The quantitative estimate of drug-likeness (QED) is 0.690. The van der Waals surface area contributed by atoms with E-state index in [1.807, 2.05) is 11.8 Å². The van der Waals surface area contributed by atoms with Crippen LogP contribution in [0.2, 0.25) is 0 Å². The van der Waals surface area contributed by atoms with Crippen LogP contribution in [0, 0.1) is 11.8 Å². The number of carbonyl (C=O) groups is 2. The molecule has 0 aromatic heterocycles. The molecule has 0 unspecified atom stereocenters. The first-order valence-electron chi connectivity index (χ1n) is 10.9. The van der Waals surface area contributed by atoms with Gasteiger partial charge in [-0.2, -0.15) is 0 Å². The van der Waals surface area contributed by atoms with Crippen LogP contribution in [-0.4, -0.2) is 51.9 Å². The predicted octanol–water partition coefficient (Wildman–Crippen LogP) is 4.29. The molecule has 2 aliphatic heterocycles. The van der Waals surface area contributed by atoms with Gasteiger partial charge >= 0.3 is 0 Å². The van der Waals surface area contributed by atoms with E-state index < -0.39 is 0 Å². The molecule has 0 bridgehead atoms. The van der Waals surface area contributed by atoms with Gasteiger partial charge in [0.05, 0.1) is 4.87 Å². The van der Waals surface area contributed by atoms with Crippen molar-refractivity contribution in [3.8, 4) is 0 Å². The minimum Gasteiger partial charge on any atom is -0.342 e. The van der Waals surface area contributed by atoms with Gasteiger partial charge in [0.1, 0.15) is 0 Å². The Hall–Kier alpha value is -0.710. The van der Waals surface area contributed by atoms with Gasteiger partial charge < -0.3 is 9.80 Å². The molecule has 1 spiro atoms. The number of hydrogen-bond donors (Lipinski definition) is 0. The summed E-state index contributed by atoms with van der Waals surface area (Å²) in [4.78, 5) is 30.2. The van der Waals surface area contributed by atoms with Crippen molar-refractivity contribution in [2.75, 3.05) is 25.4 Å². The lowest BCUT2D eigenvalue weighted by Gasteiger charge is -2.45. The summed E-state index contributed by atoms with van der Waals surface area (Å²) in [6.07, 6.45) is 10.7. The van der Waals surface area contributed by atoms with Crippen LogP contribution in [0.4, 0.5) is 0 Å². The molecule has 1 atom stereocenters. The first-order chi connectivity index (χ1) is 12.6. The zero-order chi connectivity index (χ0) is 18.6. The highest BCUT2D eigenvalue weighted by atomic mass is 32.2. The van der Waals surface area contributed by atoms with Crippen molar-refractivity contribution >= 4 is 23.6 Å².